The van der Waals surface area contributed by atoms with Gasteiger partial charge in [-0.05, 0) is 62.7 Å². The van der Waals surface area contributed by atoms with E-state index in [1.807, 2.05) is 6.92 Å². The van der Waals surface area contributed by atoms with E-state index in [1.54, 1.807) is 56.3 Å². The molecule has 2 aromatic carbocycles. The molecule has 0 radical (unpaired) electrons. The van der Waals surface area contributed by atoms with Crippen LogP contribution >= 0.6 is 22.9 Å². The van der Waals surface area contributed by atoms with Gasteiger partial charge in [0.1, 0.15) is 12.4 Å². The largest absolute Gasteiger partial charge is 0.507 e. The number of nitrogens with zero attached hydrogens (tertiary/aromatic N) is 2. The zero-order valence-corrected chi connectivity index (χ0v) is 22.8. The molecule has 198 valence electrons. The second kappa shape index (κ2) is 11.7. The van der Waals surface area contributed by atoms with E-state index in [0.717, 1.165) is 11.3 Å². The number of phenols is 1. The third kappa shape index (κ3) is 5.39. The van der Waals surface area contributed by atoms with Gasteiger partial charge in [-0.2, -0.15) is 0 Å². The summed E-state index contributed by atoms with van der Waals surface area (Å²) < 4.78 is 18.7. The summed E-state index contributed by atoms with van der Waals surface area (Å²) in [5, 5.41) is 10.7. The van der Waals surface area contributed by atoms with Crippen molar-refractivity contribution in [2.45, 2.75) is 26.8 Å². The molecule has 1 N–H and O–H groups in total. The van der Waals surface area contributed by atoms with Gasteiger partial charge in [0.15, 0.2) is 16.3 Å². The maximum Gasteiger partial charge on any atom is 0.338 e. The maximum absolute atomic E-state index is 13.8. The summed E-state index contributed by atoms with van der Waals surface area (Å²) >= 11 is 7.25. The van der Waals surface area contributed by atoms with Crippen LogP contribution in [0.25, 0.3) is 6.08 Å². The number of thiazole rings is 1. The van der Waals surface area contributed by atoms with Gasteiger partial charge in [-0.25, -0.2) is 9.79 Å². The highest BCUT2D eigenvalue weighted by atomic mass is 35.5. The van der Waals surface area contributed by atoms with Crippen molar-refractivity contribution in [1.82, 2.24) is 4.57 Å². The lowest BCUT2D eigenvalue weighted by molar-refractivity contribution is -0.139. The van der Waals surface area contributed by atoms with Crippen LogP contribution in [0.3, 0.4) is 0 Å². The van der Waals surface area contributed by atoms with Crippen molar-refractivity contribution in [2.24, 2.45) is 4.99 Å². The topological polar surface area (TPSA) is 99.4 Å². The smallest absolute Gasteiger partial charge is 0.338 e. The van der Waals surface area contributed by atoms with Crippen molar-refractivity contribution < 1.29 is 24.1 Å². The number of benzene rings is 2. The normalized spacial score (nSPS) is 15.1. The molecule has 0 fully saturated rings. The van der Waals surface area contributed by atoms with Crippen molar-refractivity contribution in [3.63, 3.8) is 0 Å². The average molecular weight is 555 g/mol. The molecule has 0 aliphatic carbocycles. The molecular weight excluding hydrogens is 528 g/mol. The Bertz CT molecular complexity index is 1600. The number of carbonyl (C=O) groups is 1. The highest BCUT2D eigenvalue weighted by Gasteiger charge is 2.34. The molecular formula is C28H27ClN2O6S. The average Bonchev–Trinajstić information content (AvgIpc) is 3.19. The number of esters is 1. The van der Waals surface area contributed by atoms with E-state index in [4.69, 9.17) is 25.8 Å². The summed E-state index contributed by atoms with van der Waals surface area (Å²) in [6.45, 7) is 9.81. The number of fused-ring (bicyclic) bond motifs is 1. The van der Waals surface area contributed by atoms with E-state index in [2.05, 4.69) is 11.6 Å². The molecule has 0 bridgehead atoms. The molecule has 1 aromatic heterocycles. The number of halogens is 1. The third-order valence-corrected chi connectivity index (χ3v) is 6.95. The number of aromatic hydroxyl groups is 1. The van der Waals surface area contributed by atoms with Gasteiger partial charge in [-0.15, -0.1) is 0 Å². The lowest BCUT2D eigenvalue weighted by atomic mass is 9.95. The van der Waals surface area contributed by atoms with E-state index in [9.17, 15) is 14.7 Å². The molecule has 38 heavy (non-hydrogen) atoms. The fraction of sp³-hybridized carbons (Fsp3) is 0.250. The highest BCUT2D eigenvalue weighted by Crippen LogP contribution is 2.36. The minimum absolute atomic E-state index is 0.0170. The van der Waals surface area contributed by atoms with Crippen LogP contribution in [-0.4, -0.2) is 35.5 Å². The Morgan fingerprint density at radius 3 is 2.68 bits per heavy atom. The first kappa shape index (κ1) is 27.2. The molecule has 8 nitrogen and oxygen atoms in total. The van der Waals surface area contributed by atoms with E-state index in [-0.39, 0.29) is 23.5 Å². The number of phenolic OH excluding ortho intramolecular Hbond substituents is 1. The summed E-state index contributed by atoms with van der Waals surface area (Å²) in [5.41, 5.74) is 1.32. The Morgan fingerprint density at radius 2 is 1.97 bits per heavy atom. The van der Waals surface area contributed by atoms with Gasteiger partial charge in [0.25, 0.3) is 5.56 Å². The van der Waals surface area contributed by atoms with Gasteiger partial charge in [0.05, 0.1) is 35.1 Å². The van der Waals surface area contributed by atoms with Crippen LogP contribution in [0, 0.1) is 0 Å². The van der Waals surface area contributed by atoms with Crippen LogP contribution in [0.4, 0.5) is 0 Å². The Balaban J connectivity index is 1.96. The molecule has 0 saturated carbocycles. The molecule has 1 unspecified atom stereocenters. The number of hydrogen-bond acceptors (Lipinski definition) is 8. The van der Waals surface area contributed by atoms with Crippen LogP contribution in [0.15, 0.2) is 70.1 Å². The Labute approximate surface area is 228 Å². The monoisotopic (exact) mass is 554 g/mol. The molecule has 1 aliphatic heterocycles. The molecule has 1 atom stereocenters. The Kier molecular flexibility index (Phi) is 8.38. The van der Waals surface area contributed by atoms with E-state index in [0.29, 0.717) is 55.9 Å². The lowest BCUT2D eigenvalue weighted by Crippen LogP contribution is -2.40. The first-order valence-corrected chi connectivity index (χ1v) is 13.2. The standard InChI is InChI=1S/C28H27ClN2O6S/c1-5-12-37-21-11-8-17(14-22(21)35-6-2)25-24(27(34)36-7-3)16(4)30-28-31(25)26(33)23(38-28)15-18-13-19(29)9-10-20(18)32/h5,8-11,13-15,25,32H,1,6-7,12H2,2-4H3/b23-15+. The van der Waals surface area contributed by atoms with Crippen molar-refractivity contribution >= 4 is 35.0 Å². The zero-order chi connectivity index (χ0) is 27.4. The van der Waals surface area contributed by atoms with Crippen molar-refractivity contribution in [2.75, 3.05) is 19.8 Å². The second-order valence-electron chi connectivity index (χ2n) is 8.24. The fourth-order valence-electron chi connectivity index (χ4n) is 4.12. The summed E-state index contributed by atoms with van der Waals surface area (Å²) in [4.78, 5) is 31.9. The van der Waals surface area contributed by atoms with Crippen molar-refractivity contribution in [3.05, 3.63) is 96.2 Å². The van der Waals surface area contributed by atoms with Crippen LogP contribution in [0.2, 0.25) is 5.02 Å². The summed E-state index contributed by atoms with van der Waals surface area (Å²) in [6, 6.07) is 9.03. The Hall–Kier alpha value is -3.82. The van der Waals surface area contributed by atoms with Crippen molar-refractivity contribution in [3.8, 4) is 17.2 Å². The van der Waals surface area contributed by atoms with Crippen LogP contribution in [0.5, 0.6) is 17.2 Å². The number of aromatic nitrogens is 1. The summed E-state index contributed by atoms with van der Waals surface area (Å²) in [6.07, 6.45) is 3.19. The van der Waals surface area contributed by atoms with E-state index < -0.39 is 12.0 Å². The maximum atomic E-state index is 13.8. The Morgan fingerprint density at radius 1 is 1.18 bits per heavy atom. The minimum atomic E-state index is -0.826. The molecule has 4 rings (SSSR count). The van der Waals surface area contributed by atoms with Gasteiger partial charge >= 0.3 is 5.97 Å². The molecule has 0 saturated heterocycles. The second-order valence-corrected chi connectivity index (χ2v) is 9.69. The van der Waals surface area contributed by atoms with Gasteiger partial charge < -0.3 is 19.3 Å². The van der Waals surface area contributed by atoms with E-state index >= 15 is 0 Å². The van der Waals surface area contributed by atoms with Gasteiger partial charge in [-0.3, -0.25) is 9.36 Å². The van der Waals surface area contributed by atoms with Crippen LogP contribution < -0.4 is 24.4 Å². The third-order valence-electron chi connectivity index (χ3n) is 5.73. The lowest BCUT2D eigenvalue weighted by Gasteiger charge is -2.25. The number of allylic oxidation sites excluding steroid dienone is 1. The number of carbonyl (C=O) groups excluding carboxylic acids is 1. The quantitative estimate of drug-likeness (QED) is 0.315. The molecule has 2 heterocycles. The molecule has 10 heteroatoms. The SMILES string of the molecule is C=CCOc1ccc(C2C(C(=O)OCC)=C(C)N=c3s/c(=C/c4cc(Cl)ccc4O)c(=O)n32)cc1OCC. The molecule has 3 aromatic rings. The van der Waals surface area contributed by atoms with Crippen molar-refractivity contribution in [1.29, 1.82) is 0 Å². The van der Waals surface area contributed by atoms with Gasteiger partial charge in [0, 0.05) is 10.6 Å². The predicted molar refractivity (Wildman–Crippen MR) is 147 cm³/mol. The van der Waals surface area contributed by atoms with Gasteiger partial charge in [-0.1, -0.05) is 41.7 Å². The minimum Gasteiger partial charge on any atom is -0.507 e. The predicted octanol–water partition coefficient (Wildman–Crippen LogP) is 4.12. The summed E-state index contributed by atoms with van der Waals surface area (Å²) in [7, 11) is 0. The molecule has 1 aliphatic rings. The summed E-state index contributed by atoms with van der Waals surface area (Å²) in [5.74, 6) is 0.399. The zero-order valence-electron chi connectivity index (χ0n) is 21.2. The van der Waals surface area contributed by atoms with Gasteiger partial charge in [0.2, 0.25) is 0 Å². The molecule has 0 amide bonds. The fourth-order valence-corrected chi connectivity index (χ4v) is 5.34. The number of ether oxygens (including phenoxy) is 3. The van der Waals surface area contributed by atoms with Crippen LogP contribution in [-0.2, 0) is 9.53 Å². The highest BCUT2D eigenvalue weighted by molar-refractivity contribution is 7.07. The van der Waals surface area contributed by atoms with E-state index in [1.165, 1.54) is 10.6 Å². The first-order chi connectivity index (χ1) is 18.3. The first-order valence-electron chi connectivity index (χ1n) is 12.0. The van der Waals surface area contributed by atoms with Crippen LogP contribution in [0.1, 0.15) is 37.9 Å². The molecule has 0 spiro atoms. The number of hydrogen-bond donors (Lipinski definition) is 1. The number of rotatable bonds is 9.